The van der Waals surface area contributed by atoms with Crippen LogP contribution in [0.1, 0.15) is 0 Å². The predicted molar refractivity (Wildman–Crippen MR) is 49.3 cm³/mol. The van der Waals surface area contributed by atoms with Gasteiger partial charge in [-0.05, 0) is 19.2 Å². The third-order valence-corrected chi connectivity index (χ3v) is 3.44. The molecule has 0 spiro atoms. The second kappa shape index (κ2) is 2.97. The van der Waals surface area contributed by atoms with Crippen molar-refractivity contribution >= 4 is 16.9 Å². The molecule has 1 aromatic rings. The van der Waals surface area contributed by atoms with Crippen LogP contribution in [0.5, 0.6) is 0 Å². The fourth-order valence-corrected chi connectivity index (χ4v) is 2.52. The number of benzene rings is 1. The van der Waals surface area contributed by atoms with Gasteiger partial charge in [0.15, 0.2) is 4.90 Å². The maximum absolute atomic E-state index is 11.6. The van der Waals surface area contributed by atoms with Gasteiger partial charge < -0.3 is 9.87 Å². The highest BCUT2D eigenvalue weighted by atomic mass is 32.2. The second-order valence-corrected chi connectivity index (χ2v) is 4.11. The zero-order valence-electron chi connectivity index (χ0n) is 6.70. The molecule has 0 bridgehead atoms. The molecule has 2 rings (SSSR count). The van der Waals surface area contributed by atoms with Crippen LogP contribution >= 0.6 is 0 Å². The van der Waals surface area contributed by atoms with Crippen molar-refractivity contribution in [1.82, 2.24) is 5.32 Å². The van der Waals surface area contributed by atoms with Gasteiger partial charge in [0.2, 0.25) is 5.50 Å². The normalized spacial score (nSPS) is 26.5. The molecule has 0 amide bonds. The second-order valence-electron chi connectivity index (χ2n) is 2.61. The van der Waals surface area contributed by atoms with E-state index in [0.717, 1.165) is 10.6 Å². The van der Waals surface area contributed by atoms with Gasteiger partial charge in [0.05, 0.1) is 5.69 Å². The summed E-state index contributed by atoms with van der Waals surface area (Å²) in [6.07, 6.45) is 0. The lowest BCUT2D eigenvalue weighted by molar-refractivity contribution is 0.580. The molecule has 0 saturated heterocycles. The van der Waals surface area contributed by atoms with Gasteiger partial charge in [-0.25, -0.2) is 0 Å². The summed E-state index contributed by atoms with van der Waals surface area (Å²) in [5, 5.41) is 6.07. The van der Waals surface area contributed by atoms with Gasteiger partial charge in [-0.15, -0.1) is 0 Å². The first-order chi connectivity index (χ1) is 5.83. The first kappa shape index (κ1) is 7.91. The molecule has 1 aromatic carbocycles. The molecule has 12 heavy (non-hydrogen) atoms. The first-order valence-corrected chi connectivity index (χ1v) is 4.97. The summed E-state index contributed by atoms with van der Waals surface area (Å²) in [6.45, 7) is 0. The first-order valence-electron chi connectivity index (χ1n) is 3.76. The van der Waals surface area contributed by atoms with Crippen LogP contribution in [0.15, 0.2) is 29.2 Å². The maximum atomic E-state index is 11.6. The Morgan fingerprint density at radius 3 is 2.92 bits per heavy atom. The summed E-state index contributed by atoms with van der Waals surface area (Å²) < 4.78 is 11.6. The zero-order valence-corrected chi connectivity index (χ0v) is 7.52. The van der Waals surface area contributed by atoms with E-state index in [1.807, 2.05) is 24.3 Å². The largest absolute Gasteiger partial charge is 0.609 e. The van der Waals surface area contributed by atoms with Crippen LogP contribution in [0.2, 0.25) is 0 Å². The SMILES string of the molecule is CNC1Nc2ccccc2[S+]1[O-]. The Morgan fingerprint density at radius 2 is 2.25 bits per heavy atom. The molecule has 64 valence electrons. The van der Waals surface area contributed by atoms with Crippen LogP contribution in [-0.4, -0.2) is 17.1 Å². The van der Waals surface area contributed by atoms with Gasteiger partial charge >= 0.3 is 0 Å². The standard InChI is InChI=1S/C8H10N2OS/c1-9-8-10-6-4-2-3-5-7(6)12(8)11/h2-5,8-10H,1H3. The van der Waals surface area contributed by atoms with E-state index in [1.165, 1.54) is 0 Å². The summed E-state index contributed by atoms with van der Waals surface area (Å²) in [7, 11) is 1.79. The molecule has 0 aliphatic carbocycles. The summed E-state index contributed by atoms with van der Waals surface area (Å²) in [5.74, 6) is 0. The quantitative estimate of drug-likeness (QED) is 0.629. The Bertz CT molecular complexity index is 292. The molecule has 1 aliphatic heterocycles. The number of hydrogen-bond acceptors (Lipinski definition) is 3. The molecular formula is C8H10N2OS. The van der Waals surface area contributed by atoms with Crippen LogP contribution in [0.4, 0.5) is 5.69 Å². The number of fused-ring (bicyclic) bond motifs is 1. The minimum atomic E-state index is -0.958. The Balaban J connectivity index is 2.35. The highest BCUT2D eigenvalue weighted by Crippen LogP contribution is 2.30. The van der Waals surface area contributed by atoms with Crippen molar-refractivity contribution in [1.29, 1.82) is 0 Å². The summed E-state index contributed by atoms with van der Waals surface area (Å²) in [4.78, 5) is 0.886. The molecule has 2 atom stereocenters. The van der Waals surface area contributed by atoms with Crippen molar-refractivity contribution < 1.29 is 4.55 Å². The molecule has 2 N–H and O–H groups in total. The number of rotatable bonds is 1. The van der Waals surface area contributed by atoms with E-state index in [-0.39, 0.29) is 5.50 Å². The summed E-state index contributed by atoms with van der Waals surface area (Å²) in [6, 6.07) is 7.65. The van der Waals surface area contributed by atoms with Gasteiger partial charge in [0, 0.05) is 11.2 Å². The van der Waals surface area contributed by atoms with E-state index in [4.69, 9.17) is 0 Å². The van der Waals surface area contributed by atoms with Crippen LogP contribution in [0.25, 0.3) is 0 Å². The van der Waals surface area contributed by atoms with Crippen molar-refractivity contribution in [2.45, 2.75) is 10.4 Å². The maximum Gasteiger partial charge on any atom is 0.247 e. The number of para-hydroxylation sites is 1. The van der Waals surface area contributed by atoms with Crippen molar-refractivity contribution in [3.8, 4) is 0 Å². The van der Waals surface area contributed by atoms with Crippen molar-refractivity contribution in [2.24, 2.45) is 0 Å². The van der Waals surface area contributed by atoms with E-state index in [2.05, 4.69) is 10.6 Å². The minimum absolute atomic E-state index is 0.137. The van der Waals surface area contributed by atoms with E-state index in [1.54, 1.807) is 7.05 Å². The molecule has 0 radical (unpaired) electrons. The van der Waals surface area contributed by atoms with Crippen molar-refractivity contribution in [3.05, 3.63) is 24.3 Å². The van der Waals surface area contributed by atoms with E-state index in [9.17, 15) is 4.55 Å². The zero-order chi connectivity index (χ0) is 8.55. The van der Waals surface area contributed by atoms with Crippen LogP contribution in [0, 0.1) is 0 Å². The Labute approximate surface area is 74.3 Å². The predicted octanol–water partition coefficient (Wildman–Crippen LogP) is 0.723. The van der Waals surface area contributed by atoms with Crippen LogP contribution in [-0.2, 0) is 11.2 Å². The third-order valence-electron chi connectivity index (χ3n) is 1.87. The highest BCUT2D eigenvalue weighted by molar-refractivity contribution is 7.92. The molecule has 1 heterocycles. The monoisotopic (exact) mass is 182 g/mol. The average molecular weight is 182 g/mol. The number of hydrogen-bond donors (Lipinski definition) is 2. The summed E-state index contributed by atoms with van der Waals surface area (Å²) >= 11 is -0.958. The molecule has 0 aromatic heterocycles. The van der Waals surface area contributed by atoms with E-state index >= 15 is 0 Å². The Hall–Kier alpha value is -0.710. The molecular weight excluding hydrogens is 172 g/mol. The van der Waals surface area contributed by atoms with Crippen molar-refractivity contribution in [3.63, 3.8) is 0 Å². The van der Waals surface area contributed by atoms with Gasteiger partial charge in [-0.2, -0.15) is 0 Å². The Morgan fingerprint density at radius 1 is 1.50 bits per heavy atom. The van der Waals surface area contributed by atoms with Gasteiger partial charge in [-0.3, -0.25) is 5.32 Å². The molecule has 1 aliphatic rings. The number of nitrogens with one attached hydrogen (secondary N) is 2. The minimum Gasteiger partial charge on any atom is -0.609 e. The lowest BCUT2D eigenvalue weighted by Crippen LogP contribution is -2.35. The summed E-state index contributed by atoms with van der Waals surface area (Å²) in [5.41, 5.74) is 0.831. The average Bonchev–Trinajstić information content (AvgIpc) is 2.44. The molecule has 0 saturated carbocycles. The molecule has 3 nitrogen and oxygen atoms in total. The lowest BCUT2D eigenvalue weighted by atomic mass is 10.3. The molecule has 2 unspecified atom stereocenters. The Kier molecular flexibility index (Phi) is 1.96. The fourth-order valence-electron chi connectivity index (χ4n) is 1.26. The van der Waals surface area contributed by atoms with E-state index in [0.29, 0.717) is 0 Å². The third kappa shape index (κ3) is 1.08. The van der Waals surface area contributed by atoms with E-state index < -0.39 is 11.2 Å². The number of anilines is 1. The van der Waals surface area contributed by atoms with Gasteiger partial charge in [0.1, 0.15) is 0 Å². The van der Waals surface area contributed by atoms with Gasteiger partial charge in [0.25, 0.3) is 0 Å². The smallest absolute Gasteiger partial charge is 0.247 e. The molecule has 0 fully saturated rings. The van der Waals surface area contributed by atoms with Crippen LogP contribution < -0.4 is 10.6 Å². The highest BCUT2D eigenvalue weighted by Gasteiger charge is 2.33. The van der Waals surface area contributed by atoms with Crippen LogP contribution in [0.3, 0.4) is 0 Å². The topological polar surface area (TPSA) is 47.1 Å². The van der Waals surface area contributed by atoms with Gasteiger partial charge in [-0.1, -0.05) is 12.1 Å². The van der Waals surface area contributed by atoms with Crippen molar-refractivity contribution in [2.75, 3.05) is 12.4 Å². The lowest BCUT2D eigenvalue weighted by Gasteiger charge is -2.11. The fraction of sp³-hybridized carbons (Fsp3) is 0.250. The molecule has 4 heteroatoms.